The first kappa shape index (κ1) is 22.4. The summed E-state index contributed by atoms with van der Waals surface area (Å²) in [7, 11) is 3.78. The molecule has 3 aromatic rings. The molecule has 0 bridgehead atoms. The number of anilines is 2. The molecule has 0 spiro atoms. The summed E-state index contributed by atoms with van der Waals surface area (Å²) >= 11 is 0. The molecule has 0 fully saturated rings. The van der Waals surface area contributed by atoms with Gasteiger partial charge in [-0.1, -0.05) is 36.9 Å². The van der Waals surface area contributed by atoms with Crippen molar-refractivity contribution >= 4 is 29.4 Å². The van der Waals surface area contributed by atoms with E-state index in [0.717, 1.165) is 16.3 Å². The monoisotopic (exact) mass is 548 g/mol. The molecule has 0 saturated carbocycles. The fraction of sp³-hybridized carbons (Fsp3) is 0.333. The van der Waals surface area contributed by atoms with Gasteiger partial charge in [0.2, 0.25) is 5.91 Å². The van der Waals surface area contributed by atoms with E-state index in [2.05, 4.69) is 27.6 Å². The first-order valence-corrected chi connectivity index (χ1v) is 12.7. The molecule has 10 heteroatoms. The highest BCUT2D eigenvalue weighted by molar-refractivity contribution is 6.05. The predicted octanol–water partition coefficient (Wildman–Crippen LogP) is 4.34. The molecule has 40 heavy (non-hydrogen) atoms. The van der Waals surface area contributed by atoms with Gasteiger partial charge in [-0.25, -0.2) is 4.79 Å². The van der Waals surface area contributed by atoms with Gasteiger partial charge in [-0.15, -0.1) is 0 Å². The summed E-state index contributed by atoms with van der Waals surface area (Å²) < 4.78 is 41.5. The zero-order chi connectivity index (χ0) is 33.3. The first-order chi connectivity index (χ1) is 21.0. The number of amides is 4. The highest BCUT2D eigenvalue weighted by atomic mass is 16.2. The van der Waals surface area contributed by atoms with Crippen LogP contribution in [0, 0.1) is 0 Å². The average Bonchev–Trinajstić information content (AvgIpc) is 3.47. The molecular formula is C30H37N7O3. The SMILES string of the molecule is [2H]C([2H])([2H])C([2H])([2H])n1nc(NC(=O)c2ccc(NC(=O)C=C)cc2)c2c1C(C)(C)N(C(=O)N[C@H](CN(C)C)c1ccccc1)C2. The predicted molar refractivity (Wildman–Crippen MR) is 156 cm³/mol. The van der Waals surface area contributed by atoms with Gasteiger partial charge in [0.05, 0.1) is 26.6 Å². The number of aromatic nitrogens is 2. The molecule has 0 unspecified atom stereocenters. The summed E-state index contributed by atoms with van der Waals surface area (Å²) in [5.41, 5.74) is 0.782. The molecule has 0 saturated heterocycles. The molecule has 0 aliphatic carbocycles. The Kier molecular flexibility index (Phi) is 6.57. The lowest BCUT2D eigenvalue weighted by molar-refractivity contribution is -0.111. The topological polar surface area (TPSA) is 112 Å². The van der Waals surface area contributed by atoms with E-state index in [0.29, 0.717) is 17.8 Å². The second-order valence-electron chi connectivity index (χ2n) is 10.2. The lowest BCUT2D eigenvalue weighted by Gasteiger charge is -2.35. The molecule has 1 aromatic heterocycles. The van der Waals surface area contributed by atoms with E-state index < -0.39 is 36.7 Å². The summed E-state index contributed by atoms with van der Waals surface area (Å²) in [6, 6.07) is 14.6. The number of hydrogen-bond acceptors (Lipinski definition) is 5. The van der Waals surface area contributed by atoms with E-state index in [-0.39, 0.29) is 29.7 Å². The normalized spacial score (nSPS) is 16.9. The Morgan fingerprint density at radius 3 is 2.48 bits per heavy atom. The molecule has 2 aromatic carbocycles. The van der Waals surface area contributed by atoms with E-state index in [1.165, 1.54) is 29.2 Å². The fourth-order valence-electron chi connectivity index (χ4n) is 4.81. The third-order valence-corrected chi connectivity index (χ3v) is 6.78. The van der Waals surface area contributed by atoms with Gasteiger partial charge in [-0.3, -0.25) is 14.3 Å². The molecule has 1 aliphatic rings. The number of urea groups is 1. The number of rotatable bonds is 9. The fourth-order valence-corrected chi connectivity index (χ4v) is 4.81. The van der Waals surface area contributed by atoms with Crippen LogP contribution < -0.4 is 16.0 Å². The summed E-state index contributed by atoms with van der Waals surface area (Å²) in [6.07, 6.45) is 1.12. The van der Waals surface area contributed by atoms with Gasteiger partial charge >= 0.3 is 6.03 Å². The molecule has 0 radical (unpaired) electrons. The van der Waals surface area contributed by atoms with E-state index in [1.54, 1.807) is 13.8 Å². The number of fused-ring (bicyclic) bond motifs is 1. The van der Waals surface area contributed by atoms with Crippen LogP contribution in [0.5, 0.6) is 0 Å². The standard InChI is InChI=1S/C30H37N7O3/c1-7-25(38)31-22-16-14-21(15-17-22)28(39)33-27-23-18-36(30(3,4)26(23)37(8-2)34-27)29(40)32-24(19-35(5)6)20-12-10-9-11-13-20/h7,9-17,24H,1,8,18-19H2,2-6H3,(H,31,38)(H,32,40)(H,33,34,39)/t24-/m1/s1/i2D3,8D2. The van der Waals surface area contributed by atoms with E-state index in [1.807, 2.05) is 49.3 Å². The summed E-state index contributed by atoms with van der Waals surface area (Å²) in [6.45, 7) is 1.11. The third-order valence-electron chi connectivity index (χ3n) is 6.78. The van der Waals surface area contributed by atoms with Crippen LogP contribution in [0.25, 0.3) is 0 Å². The number of hydrogen-bond donors (Lipinski definition) is 3. The number of likely N-dealkylation sites (N-methyl/N-ethyl adjacent to an activating group) is 1. The molecule has 10 nitrogen and oxygen atoms in total. The molecule has 210 valence electrons. The van der Waals surface area contributed by atoms with Crippen LogP contribution in [0.15, 0.2) is 67.3 Å². The van der Waals surface area contributed by atoms with Crippen molar-refractivity contribution < 1.29 is 21.2 Å². The molecule has 4 amide bonds. The molecule has 1 aliphatic heterocycles. The number of nitrogens with one attached hydrogen (secondary N) is 3. The maximum atomic E-state index is 13.9. The molecule has 3 N–H and O–H groups in total. The van der Waals surface area contributed by atoms with Gasteiger partial charge in [0.1, 0.15) is 0 Å². The largest absolute Gasteiger partial charge is 0.330 e. The van der Waals surface area contributed by atoms with Crippen molar-refractivity contribution in [2.24, 2.45) is 0 Å². The van der Waals surface area contributed by atoms with Crippen molar-refractivity contribution in [3.63, 3.8) is 0 Å². The highest BCUT2D eigenvalue weighted by Crippen LogP contribution is 2.42. The number of benzene rings is 2. The Bertz CT molecular complexity index is 1590. The van der Waals surface area contributed by atoms with Crippen molar-refractivity contribution in [1.82, 2.24) is 24.9 Å². The van der Waals surface area contributed by atoms with Crippen molar-refractivity contribution in [1.29, 1.82) is 0 Å². The molecule has 1 atom stereocenters. The summed E-state index contributed by atoms with van der Waals surface area (Å²) in [5, 5.41) is 12.6. The van der Waals surface area contributed by atoms with Crippen molar-refractivity contribution in [2.75, 3.05) is 31.3 Å². The average molecular weight is 549 g/mol. The van der Waals surface area contributed by atoms with Crippen molar-refractivity contribution in [2.45, 2.75) is 45.3 Å². The smallest absolute Gasteiger partial charge is 0.319 e. The van der Waals surface area contributed by atoms with Gasteiger partial charge < -0.3 is 25.8 Å². The molecule has 4 rings (SSSR count). The van der Waals surface area contributed by atoms with Crippen LogP contribution in [0.1, 0.15) is 60.8 Å². The Labute approximate surface area is 242 Å². The minimum Gasteiger partial charge on any atom is -0.330 e. The quantitative estimate of drug-likeness (QED) is 0.345. The second-order valence-corrected chi connectivity index (χ2v) is 10.2. The van der Waals surface area contributed by atoms with Crippen LogP contribution in [-0.4, -0.2) is 58.1 Å². The second kappa shape index (κ2) is 11.7. The summed E-state index contributed by atoms with van der Waals surface area (Å²) in [5.74, 6) is -1.08. The van der Waals surface area contributed by atoms with Crippen LogP contribution in [0.2, 0.25) is 0 Å². The number of nitrogens with zero attached hydrogens (tertiary/aromatic N) is 4. The maximum Gasteiger partial charge on any atom is 0.319 e. The Morgan fingerprint density at radius 1 is 1.15 bits per heavy atom. The van der Waals surface area contributed by atoms with Gasteiger partial charge in [-0.2, -0.15) is 5.10 Å². The zero-order valence-corrected chi connectivity index (χ0v) is 23.0. The number of aryl methyl sites for hydroxylation is 1. The van der Waals surface area contributed by atoms with E-state index in [9.17, 15) is 14.4 Å². The van der Waals surface area contributed by atoms with Crippen LogP contribution in [-0.2, 0) is 23.4 Å². The number of carbonyl (C=O) groups is 3. The third kappa shape index (κ3) is 5.91. The van der Waals surface area contributed by atoms with Gasteiger partial charge in [0, 0.05) is 34.0 Å². The Balaban J connectivity index is 1.69. The van der Waals surface area contributed by atoms with Crippen molar-refractivity contribution in [3.8, 4) is 0 Å². The number of carbonyl (C=O) groups excluding carboxylic acids is 3. The molecular weight excluding hydrogens is 506 g/mol. The van der Waals surface area contributed by atoms with Gasteiger partial charge in [0.25, 0.3) is 5.91 Å². The maximum absolute atomic E-state index is 13.9. The van der Waals surface area contributed by atoms with Crippen LogP contribution in [0.4, 0.5) is 16.3 Å². The van der Waals surface area contributed by atoms with Crippen LogP contribution in [0.3, 0.4) is 0 Å². The van der Waals surface area contributed by atoms with Crippen molar-refractivity contribution in [3.05, 3.63) is 89.6 Å². The minimum absolute atomic E-state index is 0.0663. The summed E-state index contributed by atoms with van der Waals surface area (Å²) in [4.78, 5) is 42.2. The Morgan fingerprint density at radius 2 is 1.85 bits per heavy atom. The molecule has 2 heterocycles. The first-order valence-electron chi connectivity index (χ1n) is 15.2. The van der Waals surface area contributed by atoms with Gasteiger partial charge in [0.15, 0.2) is 5.82 Å². The van der Waals surface area contributed by atoms with E-state index >= 15 is 0 Å². The minimum atomic E-state index is -3.12. The lowest BCUT2D eigenvalue weighted by Crippen LogP contribution is -2.49. The van der Waals surface area contributed by atoms with Crippen LogP contribution >= 0.6 is 0 Å². The highest BCUT2D eigenvalue weighted by Gasteiger charge is 2.45. The van der Waals surface area contributed by atoms with E-state index in [4.69, 9.17) is 6.85 Å². The lowest BCUT2D eigenvalue weighted by atomic mass is 10.00. The zero-order valence-electron chi connectivity index (χ0n) is 28.0. The Hall–Kier alpha value is -4.44. The van der Waals surface area contributed by atoms with Gasteiger partial charge in [-0.05, 0) is 70.7 Å².